The minimum absolute atomic E-state index is 0.102. The van der Waals surface area contributed by atoms with Crippen LogP contribution >= 0.6 is 11.3 Å². The van der Waals surface area contributed by atoms with Crippen LogP contribution in [0.2, 0.25) is 0 Å². The summed E-state index contributed by atoms with van der Waals surface area (Å²) in [6, 6.07) is 0. The number of ether oxygens (including phenoxy) is 1. The molecule has 0 bridgehead atoms. The fourth-order valence-electron chi connectivity index (χ4n) is 1.55. The lowest BCUT2D eigenvalue weighted by Gasteiger charge is -2.00. The van der Waals surface area contributed by atoms with Crippen LogP contribution in [0, 0.1) is 6.92 Å². The lowest BCUT2D eigenvalue weighted by molar-refractivity contribution is -0.142. The van der Waals surface area contributed by atoms with Gasteiger partial charge in [0, 0.05) is 11.1 Å². The molecular formula is C12H14N4O3S. The number of hydrogen-bond acceptors (Lipinski definition) is 6. The summed E-state index contributed by atoms with van der Waals surface area (Å²) < 4.78 is 4.84. The third-order valence-electron chi connectivity index (χ3n) is 2.48. The lowest BCUT2D eigenvalue weighted by Crippen LogP contribution is -2.12. The number of carbonyl (C=O) groups is 2. The van der Waals surface area contributed by atoms with Crippen molar-refractivity contribution < 1.29 is 14.3 Å². The number of nitrogens with one attached hydrogen (secondary N) is 2. The molecule has 0 aliphatic carbocycles. The molecule has 0 saturated carbocycles. The Hall–Kier alpha value is -2.22. The van der Waals surface area contributed by atoms with Gasteiger partial charge in [0.25, 0.3) is 5.91 Å². The molecule has 2 aromatic heterocycles. The second kappa shape index (κ2) is 6.29. The van der Waals surface area contributed by atoms with Crippen LogP contribution in [0.3, 0.4) is 0 Å². The highest BCUT2D eigenvalue weighted by Crippen LogP contribution is 2.17. The van der Waals surface area contributed by atoms with Crippen LogP contribution in [-0.2, 0) is 16.0 Å². The molecule has 0 unspecified atom stereocenters. The van der Waals surface area contributed by atoms with E-state index in [9.17, 15) is 9.59 Å². The van der Waals surface area contributed by atoms with Crippen LogP contribution in [0.5, 0.6) is 0 Å². The summed E-state index contributed by atoms with van der Waals surface area (Å²) >= 11 is 1.26. The van der Waals surface area contributed by atoms with Gasteiger partial charge < -0.3 is 4.74 Å². The molecule has 7 nitrogen and oxygen atoms in total. The number of amides is 1. The van der Waals surface area contributed by atoms with Crippen molar-refractivity contribution in [3.8, 4) is 0 Å². The summed E-state index contributed by atoms with van der Waals surface area (Å²) in [4.78, 5) is 27.4. The van der Waals surface area contributed by atoms with E-state index < -0.39 is 0 Å². The number of carbonyl (C=O) groups excluding carboxylic acids is 2. The monoisotopic (exact) mass is 294 g/mol. The van der Waals surface area contributed by atoms with Gasteiger partial charge in [-0.3, -0.25) is 20.0 Å². The highest BCUT2D eigenvalue weighted by atomic mass is 32.1. The molecule has 106 valence electrons. The number of aromatic nitrogens is 3. The second-order valence-electron chi connectivity index (χ2n) is 3.99. The molecule has 0 aliphatic rings. The van der Waals surface area contributed by atoms with E-state index in [-0.39, 0.29) is 18.3 Å². The normalized spacial score (nSPS) is 10.3. The maximum Gasteiger partial charge on any atom is 0.311 e. The van der Waals surface area contributed by atoms with E-state index in [1.807, 2.05) is 0 Å². The average Bonchev–Trinajstić information content (AvgIpc) is 2.99. The van der Waals surface area contributed by atoms with Crippen molar-refractivity contribution in [2.75, 3.05) is 11.9 Å². The first kappa shape index (κ1) is 14.2. The van der Waals surface area contributed by atoms with E-state index in [2.05, 4.69) is 20.5 Å². The van der Waals surface area contributed by atoms with E-state index >= 15 is 0 Å². The number of aryl methyl sites for hydroxylation is 1. The highest BCUT2D eigenvalue weighted by Gasteiger charge is 2.14. The van der Waals surface area contributed by atoms with Gasteiger partial charge >= 0.3 is 5.97 Å². The number of thiazole rings is 1. The quantitative estimate of drug-likeness (QED) is 0.815. The molecule has 0 saturated heterocycles. The smallest absolute Gasteiger partial charge is 0.311 e. The SMILES string of the molecule is CCOC(=O)Cc1csc(NC(=O)c2cn[nH]c2C)n1. The number of anilines is 1. The molecule has 8 heteroatoms. The zero-order valence-corrected chi connectivity index (χ0v) is 11.9. The molecular weight excluding hydrogens is 280 g/mol. The average molecular weight is 294 g/mol. The first-order valence-electron chi connectivity index (χ1n) is 6.01. The van der Waals surface area contributed by atoms with Crippen LogP contribution in [0.4, 0.5) is 5.13 Å². The van der Waals surface area contributed by atoms with Gasteiger partial charge in [-0.2, -0.15) is 5.10 Å². The van der Waals surface area contributed by atoms with E-state index in [1.54, 1.807) is 19.2 Å². The van der Waals surface area contributed by atoms with E-state index in [0.717, 1.165) is 0 Å². The molecule has 0 fully saturated rings. The van der Waals surface area contributed by atoms with Gasteiger partial charge in [-0.15, -0.1) is 11.3 Å². The lowest BCUT2D eigenvalue weighted by atomic mass is 10.2. The van der Waals surface area contributed by atoms with Gasteiger partial charge in [-0.05, 0) is 13.8 Å². The molecule has 2 N–H and O–H groups in total. The summed E-state index contributed by atoms with van der Waals surface area (Å²) in [7, 11) is 0. The zero-order chi connectivity index (χ0) is 14.5. The first-order valence-corrected chi connectivity index (χ1v) is 6.89. The van der Waals surface area contributed by atoms with Crippen molar-refractivity contribution in [3.63, 3.8) is 0 Å². The summed E-state index contributed by atoms with van der Waals surface area (Å²) in [5.41, 5.74) is 1.73. The van der Waals surface area contributed by atoms with E-state index in [1.165, 1.54) is 17.5 Å². The van der Waals surface area contributed by atoms with Crippen molar-refractivity contribution in [3.05, 3.63) is 28.5 Å². The van der Waals surface area contributed by atoms with E-state index in [0.29, 0.717) is 28.7 Å². The fourth-order valence-corrected chi connectivity index (χ4v) is 2.25. The van der Waals surface area contributed by atoms with Crippen LogP contribution in [0.25, 0.3) is 0 Å². The van der Waals surface area contributed by atoms with Crippen LogP contribution < -0.4 is 5.32 Å². The van der Waals surface area contributed by atoms with Gasteiger partial charge in [0.15, 0.2) is 5.13 Å². The Kier molecular flexibility index (Phi) is 4.46. The largest absolute Gasteiger partial charge is 0.466 e. The molecule has 0 aromatic carbocycles. The van der Waals surface area contributed by atoms with E-state index in [4.69, 9.17) is 4.74 Å². The Morgan fingerprint density at radius 1 is 1.50 bits per heavy atom. The van der Waals surface area contributed by atoms with Crippen molar-refractivity contribution in [1.29, 1.82) is 0 Å². The standard InChI is InChI=1S/C12H14N4O3S/c1-3-19-10(17)4-8-6-20-12(14-8)15-11(18)9-5-13-16-7(9)2/h5-6H,3-4H2,1-2H3,(H,13,16)(H,14,15,18). The Balaban J connectivity index is 1.98. The first-order chi connectivity index (χ1) is 9.60. The Bertz CT molecular complexity index is 620. The van der Waals surface area contributed by atoms with Crippen molar-refractivity contribution in [1.82, 2.24) is 15.2 Å². The van der Waals surface area contributed by atoms with Crippen LogP contribution in [0.1, 0.15) is 28.7 Å². The minimum Gasteiger partial charge on any atom is -0.466 e. The number of H-pyrrole nitrogens is 1. The number of rotatable bonds is 5. The number of esters is 1. The van der Waals surface area contributed by atoms with Crippen LogP contribution in [-0.4, -0.2) is 33.7 Å². The maximum atomic E-state index is 11.9. The molecule has 1 amide bonds. The third-order valence-corrected chi connectivity index (χ3v) is 3.28. The molecule has 0 spiro atoms. The topological polar surface area (TPSA) is 97.0 Å². The second-order valence-corrected chi connectivity index (χ2v) is 4.85. The van der Waals surface area contributed by atoms with Gasteiger partial charge in [-0.25, -0.2) is 4.98 Å². The number of nitrogens with zero attached hydrogens (tertiary/aromatic N) is 2. The van der Waals surface area contributed by atoms with Gasteiger partial charge in [0.2, 0.25) is 0 Å². The summed E-state index contributed by atoms with van der Waals surface area (Å²) in [6.07, 6.45) is 1.56. The van der Waals surface area contributed by atoms with Gasteiger partial charge in [-0.1, -0.05) is 0 Å². The molecule has 2 aromatic rings. The fraction of sp³-hybridized carbons (Fsp3) is 0.333. The molecule has 0 atom stereocenters. The van der Waals surface area contributed by atoms with Crippen molar-refractivity contribution in [2.45, 2.75) is 20.3 Å². The van der Waals surface area contributed by atoms with Gasteiger partial charge in [0.1, 0.15) is 0 Å². The Morgan fingerprint density at radius 2 is 2.30 bits per heavy atom. The molecule has 0 radical (unpaired) electrons. The predicted molar refractivity (Wildman–Crippen MR) is 73.7 cm³/mol. The molecule has 2 heterocycles. The predicted octanol–water partition coefficient (Wildman–Crippen LogP) is 1.53. The number of aromatic amines is 1. The molecule has 20 heavy (non-hydrogen) atoms. The van der Waals surface area contributed by atoms with Crippen molar-refractivity contribution in [2.24, 2.45) is 0 Å². The zero-order valence-electron chi connectivity index (χ0n) is 11.1. The van der Waals surface area contributed by atoms with Crippen molar-refractivity contribution >= 4 is 28.3 Å². The Morgan fingerprint density at radius 3 is 2.95 bits per heavy atom. The molecule has 0 aliphatic heterocycles. The summed E-state index contributed by atoms with van der Waals surface area (Å²) in [5, 5.41) is 11.3. The van der Waals surface area contributed by atoms with Crippen LogP contribution in [0.15, 0.2) is 11.6 Å². The third kappa shape index (κ3) is 3.41. The highest BCUT2D eigenvalue weighted by molar-refractivity contribution is 7.14. The summed E-state index contributed by atoms with van der Waals surface area (Å²) in [6.45, 7) is 3.85. The minimum atomic E-state index is -0.332. The summed E-state index contributed by atoms with van der Waals surface area (Å²) in [5.74, 6) is -0.616. The molecule has 2 rings (SSSR count). The Labute approximate surface area is 119 Å². The maximum absolute atomic E-state index is 11.9. The van der Waals surface area contributed by atoms with Gasteiger partial charge in [0.05, 0.1) is 30.5 Å². The number of hydrogen-bond donors (Lipinski definition) is 2.